The fourth-order valence-electron chi connectivity index (χ4n) is 4.37. The van der Waals surface area contributed by atoms with E-state index in [-0.39, 0.29) is 23.8 Å². The highest BCUT2D eigenvalue weighted by Gasteiger charge is 2.51. The number of likely N-dealkylation sites (tertiary alicyclic amines) is 1. The Bertz CT molecular complexity index is 814. The summed E-state index contributed by atoms with van der Waals surface area (Å²) in [4.78, 5) is 14.4. The quantitative estimate of drug-likeness (QED) is 0.795. The lowest BCUT2D eigenvalue weighted by atomic mass is 9.93. The van der Waals surface area contributed by atoms with Crippen molar-refractivity contribution in [3.63, 3.8) is 0 Å². The summed E-state index contributed by atoms with van der Waals surface area (Å²) in [7, 11) is 0. The third kappa shape index (κ3) is 3.56. The average molecular weight is 394 g/mol. The molecule has 28 heavy (non-hydrogen) atoms. The van der Waals surface area contributed by atoms with Crippen molar-refractivity contribution in [2.24, 2.45) is 11.7 Å². The molecule has 1 aromatic rings. The van der Waals surface area contributed by atoms with E-state index < -0.39 is 23.8 Å². The first-order valence-electron chi connectivity index (χ1n) is 9.73. The molecule has 1 aromatic carbocycles. The normalized spacial score (nSPS) is 30.4. The van der Waals surface area contributed by atoms with Gasteiger partial charge < -0.3 is 15.2 Å². The van der Waals surface area contributed by atoms with Crippen molar-refractivity contribution in [2.45, 2.75) is 44.6 Å². The summed E-state index contributed by atoms with van der Waals surface area (Å²) in [5, 5.41) is 0. The Balaban J connectivity index is 1.40. The highest BCUT2D eigenvalue weighted by atomic mass is 19.1. The summed E-state index contributed by atoms with van der Waals surface area (Å²) in [5.41, 5.74) is 7.52. The van der Waals surface area contributed by atoms with Crippen LogP contribution in [-0.2, 0) is 9.47 Å². The molecule has 2 fully saturated rings. The van der Waals surface area contributed by atoms with Crippen LogP contribution in [0.25, 0.3) is 0 Å². The van der Waals surface area contributed by atoms with Gasteiger partial charge in [-0.2, -0.15) is 4.79 Å². The van der Waals surface area contributed by atoms with Crippen molar-refractivity contribution in [1.82, 2.24) is 4.90 Å². The molecule has 0 aromatic heterocycles. The molecule has 2 N–H and O–H groups in total. The van der Waals surface area contributed by atoms with Crippen molar-refractivity contribution < 1.29 is 27.6 Å². The highest BCUT2D eigenvalue weighted by molar-refractivity contribution is 5.92. The number of carbonyl (C=O) groups excluding carboxylic acids is 1. The van der Waals surface area contributed by atoms with E-state index in [1.165, 1.54) is 0 Å². The number of rotatable bonds is 3. The molecule has 3 aliphatic rings. The van der Waals surface area contributed by atoms with Crippen LogP contribution in [0, 0.1) is 17.6 Å². The molecule has 4 rings (SSSR count). The lowest BCUT2D eigenvalue weighted by molar-refractivity contribution is -0.484. The standard InChI is InChI=1S/C20H26F2N3O3/c1-11(2)28-20(26)25-8-12-7-24(9-18(12)25)14-6-17(23)19(27-10-14)15-5-13(21)3-4-16(15)22/h3-5,11-12,14,17,19H,6-10,23H2,1-2H3/q+1. The summed E-state index contributed by atoms with van der Waals surface area (Å²) >= 11 is 0. The van der Waals surface area contributed by atoms with Gasteiger partial charge in [-0.15, -0.1) is 4.58 Å². The van der Waals surface area contributed by atoms with E-state index in [2.05, 4.69) is 4.90 Å². The van der Waals surface area contributed by atoms with E-state index in [0.717, 1.165) is 30.5 Å². The number of nitrogens with two attached hydrogens (primary N) is 1. The Morgan fingerprint density at radius 3 is 2.89 bits per heavy atom. The monoisotopic (exact) mass is 394 g/mol. The summed E-state index contributed by atoms with van der Waals surface area (Å²) in [5.74, 6) is -0.654. The summed E-state index contributed by atoms with van der Waals surface area (Å²) < 4.78 is 40.4. The zero-order valence-corrected chi connectivity index (χ0v) is 16.1. The molecule has 4 atom stereocenters. The molecule has 152 valence electrons. The van der Waals surface area contributed by atoms with Crippen LogP contribution in [0.4, 0.5) is 13.6 Å². The van der Waals surface area contributed by atoms with Gasteiger partial charge in [-0.1, -0.05) is 0 Å². The van der Waals surface area contributed by atoms with Crippen LogP contribution in [0.2, 0.25) is 0 Å². The molecule has 1 amide bonds. The second-order valence-electron chi connectivity index (χ2n) is 8.13. The topological polar surface area (TPSA) is 67.8 Å². The fourth-order valence-corrected chi connectivity index (χ4v) is 4.37. The van der Waals surface area contributed by atoms with Crippen LogP contribution in [0.5, 0.6) is 0 Å². The molecule has 0 spiro atoms. The minimum atomic E-state index is -0.656. The first kappa shape index (κ1) is 19.4. The van der Waals surface area contributed by atoms with Gasteiger partial charge in [0.25, 0.3) is 0 Å². The lowest BCUT2D eigenvalue weighted by Crippen LogP contribution is -2.48. The summed E-state index contributed by atoms with van der Waals surface area (Å²) in [6.45, 7) is 6.26. The number of nitrogens with zero attached hydrogens (tertiary/aromatic N) is 2. The van der Waals surface area contributed by atoms with Gasteiger partial charge in [-0.05, 0) is 38.5 Å². The first-order valence-corrected chi connectivity index (χ1v) is 9.73. The number of hydrogen-bond acceptors (Lipinski definition) is 5. The van der Waals surface area contributed by atoms with Crippen molar-refractivity contribution in [3.05, 3.63) is 35.4 Å². The Labute approximate surface area is 162 Å². The summed E-state index contributed by atoms with van der Waals surface area (Å²) in [6, 6.07) is 3.00. The second-order valence-corrected chi connectivity index (χ2v) is 8.13. The maximum Gasteiger partial charge on any atom is 0.596 e. The number of amides is 1. The third-order valence-corrected chi connectivity index (χ3v) is 5.78. The number of fused-ring (bicyclic) bond motifs is 1. The number of ether oxygens (including phenoxy) is 2. The van der Waals surface area contributed by atoms with Crippen molar-refractivity contribution in [2.75, 3.05) is 26.2 Å². The number of hydrogen-bond donors (Lipinski definition) is 1. The van der Waals surface area contributed by atoms with E-state index in [4.69, 9.17) is 15.2 Å². The van der Waals surface area contributed by atoms with Gasteiger partial charge in [0, 0.05) is 24.2 Å². The molecule has 0 radical (unpaired) electrons. The number of halogens is 2. The van der Waals surface area contributed by atoms with E-state index in [9.17, 15) is 13.6 Å². The molecule has 6 nitrogen and oxygen atoms in total. The minimum absolute atomic E-state index is 0.0870. The average Bonchev–Trinajstić information content (AvgIpc) is 2.93. The number of carbonyl (C=O) groups is 1. The van der Waals surface area contributed by atoms with Crippen LogP contribution in [0.1, 0.15) is 31.9 Å². The second kappa shape index (κ2) is 7.50. The Morgan fingerprint density at radius 1 is 1.39 bits per heavy atom. The molecule has 0 saturated carbocycles. The molecule has 3 heterocycles. The molecular formula is C20H26F2N3O3+. The van der Waals surface area contributed by atoms with Gasteiger partial charge in [0.15, 0.2) is 12.3 Å². The number of benzene rings is 1. The van der Waals surface area contributed by atoms with E-state index in [1.807, 2.05) is 13.8 Å². The minimum Gasteiger partial charge on any atom is -0.409 e. The van der Waals surface area contributed by atoms with Crippen molar-refractivity contribution >= 4 is 11.8 Å². The zero-order chi connectivity index (χ0) is 20.0. The van der Waals surface area contributed by atoms with Gasteiger partial charge in [0.2, 0.25) is 0 Å². The predicted molar refractivity (Wildman–Crippen MR) is 98.2 cm³/mol. The largest absolute Gasteiger partial charge is 0.596 e. The first-order chi connectivity index (χ1) is 13.3. The fraction of sp³-hybridized carbons (Fsp3) is 0.600. The van der Waals surface area contributed by atoms with Crippen LogP contribution in [0.3, 0.4) is 0 Å². The van der Waals surface area contributed by atoms with E-state index in [1.54, 1.807) is 4.58 Å². The van der Waals surface area contributed by atoms with Gasteiger partial charge in [-0.3, -0.25) is 4.90 Å². The van der Waals surface area contributed by atoms with Gasteiger partial charge in [0.1, 0.15) is 29.8 Å². The SMILES string of the molecule is CC(C)OC(=O)[N+]1=C2CN(C3COC(c4cc(F)ccc4F)C(N)C3)CC2C1. The van der Waals surface area contributed by atoms with Gasteiger partial charge in [-0.25, -0.2) is 8.78 Å². The van der Waals surface area contributed by atoms with Crippen LogP contribution >= 0.6 is 0 Å². The molecule has 0 aliphatic carbocycles. The maximum atomic E-state index is 14.1. The molecule has 3 aliphatic heterocycles. The zero-order valence-electron chi connectivity index (χ0n) is 16.1. The molecule has 8 heteroatoms. The van der Waals surface area contributed by atoms with Crippen molar-refractivity contribution in [1.29, 1.82) is 0 Å². The highest BCUT2D eigenvalue weighted by Crippen LogP contribution is 2.33. The van der Waals surface area contributed by atoms with Crippen LogP contribution < -0.4 is 5.73 Å². The Morgan fingerprint density at radius 2 is 2.18 bits per heavy atom. The van der Waals surface area contributed by atoms with Crippen LogP contribution in [-0.4, -0.2) is 65.7 Å². The van der Waals surface area contributed by atoms with E-state index >= 15 is 0 Å². The predicted octanol–water partition coefficient (Wildman–Crippen LogP) is 2.07. The molecule has 0 bridgehead atoms. The van der Waals surface area contributed by atoms with Crippen LogP contribution in [0.15, 0.2) is 18.2 Å². The smallest absolute Gasteiger partial charge is 0.409 e. The molecular weight excluding hydrogens is 368 g/mol. The van der Waals surface area contributed by atoms with Crippen molar-refractivity contribution in [3.8, 4) is 0 Å². The molecule has 4 unspecified atom stereocenters. The van der Waals surface area contributed by atoms with E-state index in [0.29, 0.717) is 32.0 Å². The third-order valence-electron chi connectivity index (χ3n) is 5.78. The van der Waals surface area contributed by atoms with Gasteiger partial charge in [0.05, 0.1) is 13.2 Å². The van der Waals surface area contributed by atoms with Gasteiger partial charge >= 0.3 is 6.09 Å². The summed E-state index contributed by atoms with van der Waals surface area (Å²) in [6.07, 6.45) is -0.468. The lowest BCUT2D eigenvalue weighted by Gasteiger charge is -2.38. The Kier molecular flexibility index (Phi) is 5.20. The maximum absolute atomic E-state index is 14.1. The molecule has 2 saturated heterocycles. The Hall–Kier alpha value is -1.90.